The Bertz CT molecular complexity index is 1150. The van der Waals surface area contributed by atoms with Crippen molar-refractivity contribution in [3.63, 3.8) is 0 Å². The van der Waals surface area contributed by atoms with Gasteiger partial charge >= 0.3 is 11.9 Å². The minimum absolute atomic E-state index is 0.0843. The van der Waals surface area contributed by atoms with Crippen LogP contribution in [0.2, 0.25) is 0 Å². The summed E-state index contributed by atoms with van der Waals surface area (Å²) in [6.45, 7) is 4.52. The molecule has 0 bridgehead atoms. The first-order chi connectivity index (χ1) is 16.0. The summed E-state index contributed by atoms with van der Waals surface area (Å²) in [5, 5.41) is 2.61. The monoisotopic (exact) mass is 467 g/mol. The lowest BCUT2D eigenvalue weighted by Gasteiger charge is -2.24. The van der Waals surface area contributed by atoms with Crippen LogP contribution >= 0.6 is 0 Å². The minimum Gasteiger partial charge on any atom is -0.455 e. The van der Waals surface area contributed by atoms with Crippen LogP contribution in [0.4, 0.5) is 14.5 Å². The number of anilines is 1. The quantitative estimate of drug-likeness (QED) is 0.492. The van der Waals surface area contributed by atoms with Gasteiger partial charge in [0, 0.05) is 23.6 Å². The Morgan fingerprint density at radius 2 is 1.65 bits per heavy atom. The minimum atomic E-state index is -3.94. The van der Waals surface area contributed by atoms with Crippen molar-refractivity contribution in [2.45, 2.75) is 44.8 Å². The van der Waals surface area contributed by atoms with E-state index >= 15 is 8.78 Å². The second-order valence-electron chi connectivity index (χ2n) is 8.90. The van der Waals surface area contributed by atoms with Crippen molar-refractivity contribution in [3.05, 3.63) is 84.2 Å². The van der Waals surface area contributed by atoms with Crippen LogP contribution < -0.4 is 11.1 Å². The second kappa shape index (κ2) is 10.1. The van der Waals surface area contributed by atoms with Crippen molar-refractivity contribution in [2.24, 2.45) is 5.73 Å². The lowest BCUT2D eigenvalue weighted by atomic mass is 9.99. The zero-order valence-electron chi connectivity index (χ0n) is 19.2. The Labute approximate surface area is 197 Å². The molecule has 0 saturated carbocycles. The number of pyridine rings is 1. The number of alkyl halides is 2. The highest BCUT2D eigenvalue weighted by Gasteiger charge is 2.45. The Balaban J connectivity index is 1.93. The number of nitrogens with zero attached hydrogens (tertiary/aromatic N) is 1. The second-order valence-corrected chi connectivity index (χ2v) is 8.90. The van der Waals surface area contributed by atoms with E-state index in [9.17, 15) is 9.59 Å². The van der Waals surface area contributed by atoms with Gasteiger partial charge in [-0.2, -0.15) is 8.78 Å². The molecule has 34 heavy (non-hydrogen) atoms. The highest BCUT2D eigenvalue weighted by atomic mass is 19.3. The molecule has 0 fully saturated rings. The van der Waals surface area contributed by atoms with Gasteiger partial charge in [-0.25, -0.2) is 4.79 Å². The number of esters is 1. The SMILES string of the molecule is CC(C)(C)OC(=O)C(F)(F)c1cc(NC(=O)C(N)Cc2ccccc2)cc(-c2ccncc2)c1. The van der Waals surface area contributed by atoms with Gasteiger partial charge in [-0.15, -0.1) is 0 Å². The third kappa shape index (κ3) is 6.45. The van der Waals surface area contributed by atoms with E-state index in [1.165, 1.54) is 45.3 Å². The lowest BCUT2D eigenvalue weighted by molar-refractivity contribution is -0.185. The van der Waals surface area contributed by atoms with E-state index in [0.717, 1.165) is 11.6 Å². The number of nitrogens with one attached hydrogen (secondary N) is 1. The molecule has 2 aromatic carbocycles. The molecule has 3 N–H and O–H groups in total. The van der Waals surface area contributed by atoms with Gasteiger partial charge in [-0.05, 0) is 74.2 Å². The molecule has 1 atom stereocenters. The van der Waals surface area contributed by atoms with Crippen molar-refractivity contribution in [1.82, 2.24) is 4.98 Å². The molecule has 8 heteroatoms. The predicted octanol–water partition coefficient (Wildman–Crippen LogP) is 4.69. The third-order valence-corrected chi connectivity index (χ3v) is 4.87. The largest absolute Gasteiger partial charge is 0.455 e. The van der Waals surface area contributed by atoms with E-state index < -0.39 is 35.0 Å². The van der Waals surface area contributed by atoms with Gasteiger partial charge in [-0.3, -0.25) is 9.78 Å². The van der Waals surface area contributed by atoms with E-state index in [1.54, 1.807) is 12.1 Å². The fourth-order valence-electron chi connectivity index (χ4n) is 3.25. The van der Waals surface area contributed by atoms with Gasteiger partial charge in [0.15, 0.2) is 0 Å². The van der Waals surface area contributed by atoms with Gasteiger partial charge in [0.25, 0.3) is 0 Å². The molecule has 0 saturated heterocycles. The van der Waals surface area contributed by atoms with E-state index in [0.29, 0.717) is 11.1 Å². The van der Waals surface area contributed by atoms with Crippen LogP contribution in [-0.4, -0.2) is 28.5 Å². The molecule has 3 aromatic rings. The number of nitrogens with two attached hydrogens (primary N) is 1. The Morgan fingerprint density at radius 1 is 1.00 bits per heavy atom. The maximum absolute atomic E-state index is 15.1. The summed E-state index contributed by atoms with van der Waals surface area (Å²) < 4.78 is 35.2. The first kappa shape index (κ1) is 25.0. The van der Waals surface area contributed by atoms with Gasteiger partial charge in [0.1, 0.15) is 5.60 Å². The molecular weight excluding hydrogens is 440 g/mol. The van der Waals surface area contributed by atoms with Crippen LogP contribution in [0.1, 0.15) is 31.9 Å². The summed E-state index contributed by atoms with van der Waals surface area (Å²) in [6, 6.07) is 15.4. The summed E-state index contributed by atoms with van der Waals surface area (Å²) >= 11 is 0. The Hall–Kier alpha value is -3.65. The van der Waals surface area contributed by atoms with Crippen LogP contribution in [0.15, 0.2) is 73.1 Å². The number of hydrogen-bond donors (Lipinski definition) is 2. The summed E-state index contributed by atoms with van der Waals surface area (Å²) in [5.41, 5.74) is 6.25. The molecule has 178 valence electrons. The molecule has 0 radical (unpaired) electrons. The van der Waals surface area contributed by atoms with E-state index in [-0.39, 0.29) is 12.1 Å². The molecule has 0 aliphatic carbocycles. The maximum Gasteiger partial charge on any atom is 0.382 e. The molecule has 1 amide bonds. The van der Waals surface area contributed by atoms with Crippen LogP contribution in [0.3, 0.4) is 0 Å². The first-order valence-electron chi connectivity index (χ1n) is 10.7. The number of amides is 1. The number of aromatic nitrogens is 1. The van der Waals surface area contributed by atoms with Crippen LogP contribution in [-0.2, 0) is 26.7 Å². The fraction of sp³-hybridized carbons (Fsp3) is 0.269. The fourth-order valence-corrected chi connectivity index (χ4v) is 3.25. The van der Waals surface area contributed by atoms with Crippen molar-refractivity contribution in [1.29, 1.82) is 0 Å². The van der Waals surface area contributed by atoms with Crippen molar-refractivity contribution >= 4 is 17.6 Å². The molecule has 0 aliphatic rings. The first-order valence-corrected chi connectivity index (χ1v) is 10.7. The maximum atomic E-state index is 15.1. The normalized spacial score (nSPS) is 12.6. The summed E-state index contributed by atoms with van der Waals surface area (Å²) in [5.74, 6) is -6.16. The molecule has 0 spiro atoms. The number of benzene rings is 2. The third-order valence-electron chi connectivity index (χ3n) is 4.87. The van der Waals surface area contributed by atoms with Crippen molar-refractivity contribution in [2.75, 3.05) is 5.32 Å². The lowest BCUT2D eigenvalue weighted by Crippen LogP contribution is -2.37. The number of rotatable bonds is 7. The zero-order valence-corrected chi connectivity index (χ0v) is 19.2. The number of carbonyl (C=O) groups excluding carboxylic acids is 2. The summed E-state index contributed by atoms with van der Waals surface area (Å²) in [7, 11) is 0. The molecule has 1 aromatic heterocycles. The van der Waals surface area contributed by atoms with Gasteiger partial charge in [-0.1, -0.05) is 30.3 Å². The summed E-state index contributed by atoms with van der Waals surface area (Å²) in [6.07, 6.45) is 3.31. The van der Waals surface area contributed by atoms with E-state index in [1.807, 2.05) is 30.3 Å². The zero-order chi connectivity index (χ0) is 24.9. The standard InChI is InChI=1S/C26H27F2N3O3/c1-25(2,3)34-24(33)26(27,28)20-14-19(18-9-11-30-12-10-18)15-21(16-20)31-23(32)22(29)13-17-7-5-4-6-8-17/h4-12,14-16,22H,13,29H2,1-3H3,(H,31,32). The average Bonchev–Trinajstić information content (AvgIpc) is 2.79. The number of halogens is 2. The summed E-state index contributed by atoms with van der Waals surface area (Å²) in [4.78, 5) is 28.9. The molecule has 1 heterocycles. The molecule has 0 aliphatic heterocycles. The number of hydrogen-bond acceptors (Lipinski definition) is 5. The molecule has 1 unspecified atom stereocenters. The average molecular weight is 468 g/mol. The predicted molar refractivity (Wildman–Crippen MR) is 126 cm³/mol. The van der Waals surface area contributed by atoms with Crippen LogP contribution in [0, 0.1) is 0 Å². The molecular formula is C26H27F2N3O3. The smallest absolute Gasteiger partial charge is 0.382 e. The van der Waals surface area contributed by atoms with Crippen LogP contribution in [0.25, 0.3) is 11.1 Å². The highest BCUT2D eigenvalue weighted by Crippen LogP contribution is 2.36. The number of carbonyl (C=O) groups is 2. The van der Waals surface area contributed by atoms with E-state index in [2.05, 4.69) is 10.3 Å². The van der Waals surface area contributed by atoms with E-state index in [4.69, 9.17) is 10.5 Å². The van der Waals surface area contributed by atoms with Crippen LogP contribution in [0.5, 0.6) is 0 Å². The van der Waals surface area contributed by atoms with Gasteiger partial charge in [0.05, 0.1) is 6.04 Å². The topological polar surface area (TPSA) is 94.3 Å². The number of ether oxygens (including phenoxy) is 1. The van der Waals surface area contributed by atoms with Crippen molar-refractivity contribution in [3.8, 4) is 11.1 Å². The van der Waals surface area contributed by atoms with Crippen molar-refractivity contribution < 1.29 is 23.1 Å². The Kier molecular flexibility index (Phi) is 7.41. The molecule has 3 rings (SSSR count). The van der Waals surface area contributed by atoms with Gasteiger partial charge < -0.3 is 15.8 Å². The Morgan fingerprint density at radius 3 is 2.26 bits per heavy atom. The molecule has 6 nitrogen and oxygen atoms in total. The highest BCUT2D eigenvalue weighted by molar-refractivity contribution is 5.96. The van der Waals surface area contributed by atoms with Gasteiger partial charge in [0.2, 0.25) is 5.91 Å².